The lowest BCUT2D eigenvalue weighted by molar-refractivity contribution is -0.138. The molecule has 5 rings (SSSR count). The molecule has 1 amide bonds. The summed E-state index contributed by atoms with van der Waals surface area (Å²) in [5.41, 5.74) is 5.49. The Kier molecular flexibility index (Phi) is 8.31. The zero-order valence-electron chi connectivity index (χ0n) is 25.3. The summed E-state index contributed by atoms with van der Waals surface area (Å²) in [5, 5.41) is 12.9. The average Bonchev–Trinajstić information content (AvgIpc) is 3.13. The molecule has 2 atom stereocenters. The fourth-order valence-electron chi connectivity index (χ4n) is 6.03. The summed E-state index contributed by atoms with van der Waals surface area (Å²) < 4.78 is 11.0. The highest BCUT2D eigenvalue weighted by molar-refractivity contribution is 6.06. The van der Waals surface area contributed by atoms with Crippen LogP contribution in [0.15, 0.2) is 78.0 Å². The molecule has 3 aromatic carbocycles. The quantitative estimate of drug-likeness (QED) is 0.317. The largest absolute Gasteiger partial charge is 0.493 e. The molecule has 2 aliphatic rings. The Hall–Kier alpha value is -4.59. The molecule has 0 saturated heterocycles. The third-order valence-corrected chi connectivity index (χ3v) is 8.28. The molecule has 43 heavy (non-hydrogen) atoms. The second-order valence-corrected chi connectivity index (χ2v) is 12.1. The Balaban J connectivity index is 1.67. The molecule has 8 nitrogen and oxygen atoms in total. The van der Waals surface area contributed by atoms with Crippen molar-refractivity contribution in [1.82, 2.24) is 0 Å². The lowest BCUT2D eigenvalue weighted by atomic mass is 9.77. The molecular formula is C35H38N2O6. The van der Waals surface area contributed by atoms with E-state index in [1.807, 2.05) is 30.3 Å². The number of allylic oxidation sites excluding steroid dienone is 1. The van der Waals surface area contributed by atoms with Gasteiger partial charge in [0.1, 0.15) is 0 Å². The first-order valence-electron chi connectivity index (χ1n) is 14.5. The fourth-order valence-corrected chi connectivity index (χ4v) is 6.03. The molecule has 0 saturated carbocycles. The summed E-state index contributed by atoms with van der Waals surface area (Å²) in [6.45, 7) is 6.52. The van der Waals surface area contributed by atoms with E-state index in [0.717, 1.165) is 11.3 Å². The molecule has 8 heteroatoms. The predicted octanol–water partition coefficient (Wildman–Crippen LogP) is 6.77. The molecule has 1 aliphatic heterocycles. The molecule has 0 spiro atoms. The topological polar surface area (TPSA) is 105 Å². The number of ether oxygens (including phenoxy) is 2. The van der Waals surface area contributed by atoms with Crippen molar-refractivity contribution in [2.75, 3.05) is 24.4 Å². The molecule has 0 fully saturated rings. The Bertz CT molecular complexity index is 1580. The first kappa shape index (κ1) is 29.9. The molecule has 2 N–H and O–H groups in total. The number of rotatable bonds is 7. The van der Waals surface area contributed by atoms with Crippen LogP contribution in [0.5, 0.6) is 11.5 Å². The van der Waals surface area contributed by atoms with Crippen molar-refractivity contribution < 1.29 is 29.0 Å². The van der Waals surface area contributed by atoms with Gasteiger partial charge in [-0.25, -0.2) is 0 Å². The smallest absolute Gasteiger partial charge is 0.303 e. The maximum atomic E-state index is 14.3. The fraction of sp³-hybridized carbons (Fsp3) is 0.343. The molecule has 1 aliphatic carbocycles. The Labute approximate surface area is 252 Å². The molecule has 0 radical (unpaired) electrons. The summed E-state index contributed by atoms with van der Waals surface area (Å²) in [6.07, 6.45) is 0.320. The lowest BCUT2D eigenvalue weighted by Gasteiger charge is -2.35. The van der Waals surface area contributed by atoms with Gasteiger partial charge in [-0.05, 0) is 58.7 Å². The van der Waals surface area contributed by atoms with Crippen molar-refractivity contribution in [3.63, 3.8) is 0 Å². The highest BCUT2D eigenvalue weighted by Crippen LogP contribution is 2.48. The number of methoxy groups -OCH3 is 2. The number of Topliss-reactive ketones (excluding diaryl/α,β-unsaturated/α-hetero) is 1. The highest BCUT2D eigenvalue weighted by Gasteiger charge is 2.42. The molecular weight excluding hydrogens is 544 g/mol. The first-order chi connectivity index (χ1) is 20.5. The molecule has 3 aromatic rings. The van der Waals surface area contributed by atoms with Crippen LogP contribution < -0.4 is 19.7 Å². The molecule has 224 valence electrons. The van der Waals surface area contributed by atoms with Crippen LogP contribution in [-0.4, -0.2) is 37.0 Å². The van der Waals surface area contributed by atoms with Gasteiger partial charge in [0, 0.05) is 24.1 Å². The molecule has 2 unspecified atom stereocenters. The summed E-state index contributed by atoms with van der Waals surface area (Å²) in [5.74, 6) is -0.581. The number of carboxylic acids is 1. The van der Waals surface area contributed by atoms with Crippen LogP contribution in [0, 0.1) is 0 Å². The van der Waals surface area contributed by atoms with Crippen molar-refractivity contribution in [3.05, 3.63) is 94.7 Å². The van der Waals surface area contributed by atoms with Gasteiger partial charge < -0.3 is 19.9 Å². The number of nitrogens with one attached hydrogen (secondary N) is 1. The summed E-state index contributed by atoms with van der Waals surface area (Å²) in [7, 11) is 3.08. The van der Waals surface area contributed by atoms with E-state index < -0.39 is 17.9 Å². The van der Waals surface area contributed by atoms with Gasteiger partial charge in [-0.1, -0.05) is 63.2 Å². The van der Waals surface area contributed by atoms with Gasteiger partial charge in [-0.2, -0.15) is 0 Å². The van der Waals surface area contributed by atoms with Gasteiger partial charge in [0.15, 0.2) is 17.3 Å². The van der Waals surface area contributed by atoms with E-state index in [2.05, 4.69) is 50.4 Å². The Morgan fingerprint density at radius 2 is 1.58 bits per heavy atom. The van der Waals surface area contributed by atoms with Crippen LogP contribution in [0.2, 0.25) is 0 Å². The number of carboxylic acid groups (broad SMARTS) is 1. The van der Waals surface area contributed by atoms with Crippen LogP contribution in [0.4, 0.5) is 11.4 Å². The van der Waals surface area contributed by atoms with Gasteiger partial charge in [0.05, 0.1) is 38.1 Å². The van der Waals surface area contributed by atoms with Crippen LogP contribution in [0.1, 0.15) is 75.1 Å². The zero-order valence-corrected chi connectivity index (χ0v) is 25.3. The second kappa shape index (κ2) is 12.0. The number of ketones is 1. The number of amides is 1. The third-order valence-electron chi connectivity index (χ3n) is 8.28. The monoisotopic (exact) mass is 582 g/mol. The van der Waals surface area contributed by atoms with Crippen molar-refractivity contribution >= 4 is 29.0 Å². The van der Waals surface area contributed by atoms with E-state index >= 15 is 0 Å². The summed E-state index contributed by atoms with van der Waals surface area (Å²) in [6, 6.07) is 20.5. The standard InChI is InChI=1S/C35H38N2O6/c1-35(2,3)24-13-10-21(11-14-24)23-18-26-33(28(38)19-23)34(22-12-15-29(42-4)30(20-22)43-5)37(31(39)16-17-32(40)41)27-9-7-6-8-25(27)36-26/h6-15,20,23,34,36H,16-19H2,1-5H3,(H,40,41). The first-order valence-corrected chi connectivity index (χ1v) is 14.5. The maximum absolute atomic E-state index is 14.3. The minimum Gasteiger partial charge on any atom is -0.493 e. The van der Waals surface area contributed by atoms with Crippen molar-refractivity contribution in [3.8, 4) is 11.5 Å². The van der Waals surface area contributed by atoms with Crippen molar-refractivity contribution in [2.45, 2.75) is 63.8 Å². The number of benzene rings is 3. The lowest BCUT2D eigenvalue weighted by Crippen LogP contribution is -2.38. The van der Waals surface area contributed by atoms with Crippen LogP contribution in [0.25, 0.3) is 0 Å². The average molecular weight is 583 g/mol. The number of carbonyl (C=O) groups is 3. The zero-order chi connectivity index (χ0) is 30.9. The van der Waals surface area contributed by atoms with E-state index in [1.165, 1.54) is 12.7 Å². The van der Waals surface area contributed by atoms with Crippen LogP contribution in [0.3, 0.4) is 0 Å². The van der Waals surface area contributed by atoms with Crippen LogP contribution >= 0.6 is 0 Å². The second-order valence-electron chi connectivity index (χ2n) is 12.1. The van der Waals surface area contributed by atoms with E-state index in [4.69, 9.17) is 9.47 Å². The van der Waals surface area contributed by atoms with E-state index in [1.54, 1.807) is 24.1 Å². The molecule has 1 heterocycles. The number of hydrogen-bond donors (Lipinski definition) is 2. The number of anilines is 2. The number of carbonyl (C=O) groups excluding carboxylic acids is 2. The maximum Gasteiger partial charge on any atom is 0.303 e. The Morgan fingerprint density at radius 3 is 2.23 bits per heavy atom. The normalized spacial score (nSPS) is 18.3. The van der Waals surface area contributed by atoms with Crippen molar-refractivity contribution in [1.29, 1.82) is 0 Å². The highest BCUT2D eigenvalue weighted by atomic mass is 16.5. The predicted molar refractivity (Wildman–Crippen MR) is 166 cm³/mol. The van der Waals surface area contributed by atoms with Crippen molar-refractivity contribution in [2.24, 2.45) is 0 Å². The minimum atomic E-state index is -1.06. The number of hydrogen-bond acceptors (Lipinski definition) is 6. The van der Waals surface area contributed by atoms with Gasteiger partial charge in [-0.3, -0.25) is 19.3 Å². The van der Waals surface area contributed by atoms with E-state index in [0.29, 0.717) is 40.4 Å². The van der Waals surface area contributed by atoms with Gasteiger partial charge in [0.2, 0.25) is 5.91 Å². The minimum absolute atomic E-state index is 0.0203. The van der Waals surface area contributed by atoms with E-state index in [9.17, 15) is 19.5 Å². The third kappa shape index (κ3) is 6.00. The van der Waals surface area contributed by atoms with Gasteiger partial charge >= 0.3 is 5.97 Å². The number of nitrogens with zero attached hydrogens (tertiary/aromatic N) is 1. The van der Waals surface area contributed by atoms with E-state index in [-0.39, 0.29) is 36.4 Å². The molecule has 0 bridgehead atoms. The van der Waals surface area contributed by atoms with Gasteiger partial charge in [0.25, 0.3) is 0 Å². The summed E-state index contributed by atoms with van der Waals surface area (Å²) in [4.78, 5) is 41.2. The van der Waals surface area contributed by atoms with Gasteiger partial charge in [-0.15, -0.1) is 0 Å². The molecule has 0 aromatic heterocycles. The number of fused-ring (bicyclic) bond motifs is 1. The summed E-state index contributed by atoms with van der Waals surface area (Å²) >= 11 is 0. The SMILES string of the molecule is COc1ccc(C2C3=C(CC(c4ccc(C(C)(C)C)cc4)CC3=O)Nc3ccccc3N2C(=O)CCC(=O)O)cc1OC. The van der Waals surface area contributed by atoms with Crippen LogP contribution in [-0.2, 0) is 19.8 Å². The Morgan fingerprint density at radius 1 is 0.907 bits per heavy atom. The number of aliphatic carboxylic acids is 1. The number of para-hydroxylation sites is 2.